The number of rotatable bonds is 2. The monoisotopic (exact) mass is 239 g/mol. The number of carbonyl (C=O) groups is 2. The van der Waals surface area contributed by atoms with Crippen molar-refractivity contribution in [2.45, 2.75) is 51.5 Å². The SMILES string of the molecule is CC1CCCC(N2CC(C(=O)O)CC2=O)CC1. The summed E-state index contributed by atoms with van der Waals surface area (Å²) in [6, 6.07) is 0.289. The van der Waals surface area contributed by atoms with Crippen LogP contribution in [0.25, 0.3) is 0 Å². The van der Waals surface area contributed by atoms with Gasteiger partial charge in [-0.15, -0.1) is 0 Å². The molecule has 4 nitrogen and oxygen atoms in total. The van der Waals surface area contributed by atoms with E-state index >= 15 is 0 Å². The minimum absolute atomic E-state index is 0.0388. The molecule has 3 unspecified atom stereocenters. The average molecular weight is 239 g/mol. The van der Waals surface area contributed by atoms with Gasteiger partial charge in [-0.05, 0) is 25.2 Å². The fourth-order valence-corrected chi connectivity index (χ4v) is 3.03. The molecule has 2 fully saturated rings. The molecule has 0 radical (unpaired) electrons. The first-order valence-corrected chi connectivity index (χ1v) is 6.60. The Bertz CT molecular complexity index is 316. The van der Waals surface area contributed by atoms with Crippen LogP contribution >= 0.6 is 0 Å². The van der Waals surface area contributed by atoms with E-state index in [9.17, 15) is 9.59 Å². The molecular weight excluding hydrogens is 218 g/mol. The largest absolute Gasteiger partial charge is 0.481 e. The number of carboxylic acid groups (broad SMARTS) is 1. The minimum Gasteiger partial charge on any atom is -0.481 e. The van der Waals surface area contributed by atoms with Gasteiger partial charge in [0, 0.05) is 19.0 Å². The summed E-state index contributed by atoms with van der Waals surface area (Å²) in [7, 11) is 0. The Hall–Kier alpha value is -1.06. The van der Waals surface area contributed by atoms with Gasteiger partial charge in [-0.3, -0.25) is 9.59 Å². The third kappa shape index (κ3) is 2.79. The number of nitrogens with zero attached hydrogens (tertiary/aromatic N) is 1. The Balaban J connectivity index is 1.97. The van der Waals surface area contributed by atoms with Gasteiger partial charge in [-0.25, -0.2) is 0 Å². The van der Waals surface area contributed by atoms with E-state index in [2.05, 4.69) is 6.92 Å². The molecule has 0 aromatic heterocycles. The molecule has 17 heavy (non-hydrogen) atoms. The molecule has 1 saturated carbocycles. The third-order valence-electron chi connectivity index (χ3n) is 4.18. The van der Waals surface area contributed by atoms with Crippen LogP contribution in [0.2, 0.25) is 0 Å². The van der Waals surface area contributed by atoms with Crippen LogP contribution in [-0.4, -0.2) is 34.5 Å². The second kappa shape index (κ2) is 5.07. The van der Waals surface area contributed by atoms with E-state index in [4.69, 9.17) is 5.11 Å². The van der Waals surface area contributed by atoms with E-state index in [1.54, 1.807) is 0 Å². The number of amides is 1. The predicted molar refractivity (Wildman–Crippen MR) is 63.5 cm³/mol. The molecule has 0 aromatic rings. The summed E-state index contributed by atoms with van der Waals surface area (Å²) in [4.78, 5) is 24.6. The fourth-order valence-electron chi connectivity index (χ4n) is 3.03. The van der Waals surface area contributed by atoms with Crippen LogP contribution in [-0.2, 0) is 9.59 Å². The van der Waals surface area contributed by atoms with Crippen LogP contribution in [0.15, 0.2) is 0 Å². The van der Waals surface area contributed by atoms with Gasteiger partial charge in [0.2, 0.25) is 5.91 Å². The van der Waals surface area contributed by atoms with Crippen LogP contribution < -0.4 is 0 Å². The van der Waals surface area contributed by atoms with E-state index < -0.39 is 11.9 Å². The van der Waals surface area contributed by atoms with Crippen molar-refractivity contribution in [2.24, 2.45) is 11.8 Å². The molecule has 1 heterocycles. The van der Waals surface area contributed by atoms with Gasteiger partial charge in [0.1, 0.15) is 0 Å². The number of aliphatic carboxylic acids is 1. The summed E-state index contributed by atoms with van der Waals surface area (Å²) in [5.41, 5.74) is 0. The smallest absolute Gasteiger partial charge is 0.308 e. The summed E-state index contributed by atoms with van der Waals surface area (Å²) < 4.78 is 0. The molecule has 96 valence electrons. The summed E-state index contributed by atoms with van der Waals surface area (Å²) >= 11 is 0. The van der Waals surface area contributed by atoms with Crippen molar-refractivity contribution < 1.29 is 14.7 Å². The summed E-state index contributed by atoms with van der Waals surface area (Å²) in [5, 5.41) is 8.97. The molecule has 1 amide bonds. The maximum Gasteiger partial charge on any atom is 0.308 e. The van der Waals surface area contributed by atoms with Crippen molar-refractivity contribution in [2.75, 3.05) is 6.54 Å². The topological polar surface area (TPSA) is 57.6 Å². The Kier molecular flexibility index (Phi) is 3.69. The molecule has 0 bridgehead atoms. The Morgan fingerprint density at radius 3 is 2.71 bits per heavy atom. The van der Waals surface area contributed by atoms with Crippen molar-refractivity contribution in [3.63, 3.8) is 0 Å². The summed E-state index contributed by atoms with van der Waals surface area (Å²) in [5.74, 6) is -0.532. The highest BCUT2D eigenvalue weighted by Gasteiger charge is 2.38. The summed E-state index contributed by atoms with van der Waals surface area (Å²) in [6.45, 7) is 2.68. The van der Waals surface area contributed by atoms with Gasteiger partial charge in [0.05, 0.1) is 5.92 Å². The lowest BCUT2D eigenvalue weighted by atomic mass is 10.0. The highest BCUT2D eigenvalue weighted by Crippen LogP contribution is 2.30. The number of hydrogen-bond acceptors (Lipinski definition) is 2. The van der Waals surface area contributed by atoms with E-state index in [-0.39, 0.29) is 18.4 Å². The molecule has 2 aliphatic rings. The third-order valence-corrected chi connectivity index (χ3v) is 4.18. The van der Waals surface area contributed by atoms with Crippen LogP contribution in [0.4, 0.5) is 0 Å². The maximum absolute atomic E-state index is 11.8. The van der Waals surface area contributed by atoms with Crippen molar-refractivity contribution in [1.29, 1.82) is 0 Å². The summed E-state index contributed by atoms with van der Waals surface area (Å²) in [6.07, 6.45) is 5.84. The van der Waals surface area contributed by atoms with E-state index in [1.165, 1.54) is 6.42 Å². The Morgan fingerprint density at radius 1 is 1.29 bits per heavy atom. The zero-order valence-electron chi connectivity index (χ0n) is 10.4. The van der Waals surface area contributed by atoms with Gasteiger partial charge >= 0.3 is 5.97 Å². The molecule has 1 N–H and O–H groups in total. The van der Waals surface area contributed by atoms with Gasteiger partial charge in [0.15, 0.2) is 0 Å². The molecule has 0 aromatic carbocycles. The van der Waals surface area contributed by atoms with Crippen LogP contribution in [0.1, 0.15) is 45.4 Å². The second-order valence-electron chi connectivity index (χ2n) is 5.55. The lowest BCUT2D eigenvalue weighted by Crippen LogP contribution is -2.36. The number of likely N-dealkylation sites (tertiary alicyclic amines) is 1. The first kappa shape index (κ1) is 12.4. The zero-order chi connectivity index (χ0) is 12.4. The van der Waals surface area contributed by atoms with E-state index in [0.717, 1.165) is 31.6 Å². The molecule has 1 aliphatic heterocycles. The first-order valence-electron chi connectivity index (χ1n) is 6.60. The molecular formula is C13H21NO3. The highest BCUT2D eigenvalue weighted by atomic mass is 16.4. The highest BCUT2D eigenvalue weighted by molar-refractivity contribution is 5.86. The normalized spacial score (nSPS) is 34.8. The van der Waals surface area contributed by atoms with Gasteiger partial charge < -0.3 is 10.0 Å². The van der Waals surface area contributed by atoms with Crippen molar-refractivity contribution in [3.05, 3.63) is 0 Å². The number of carbonyl (C=O) groups excluding carboxylic acids is 1. The molecule has 0 spiro atoms. The molecule has 4 heteroatoms. The van der Waals surface area contributed by atoms with Crippen molar-refractivity contribution >= 4 is 11.9 Å². The molecule has 1 aliphatic carbocycles. The lowest BCUT2D eigenvalue weighted by Gasteiger charge is -2.27. The van der Waals surface area contributed by atoms with Gasteiger partial charge in [-0.1, -0.05) is 19.8 Å². The van der Waals surface area contributed by atoms with Crippen molar-refractivity contribution in [3.8, 4) is 0 Å². The molecule has 3 atom stereocenters. The van der Waals surface area contributed by atoms with Crippen molar-refractivity contribution in [1.82, 2.24) is 4.90 Å². The predicted octanol–water partition coefficient (Wildman–Crippen LogP) is 1.89. The quantitative estimate of drug-likeness (QED) is 0.749. The van der Waals surface area contributed by atoms with Crippen LogP contribution in [0.5, 0.6) is 0 Å². The second-order valence-corrected chi connectivity index (χ2v) is 5.55. The standard InChI is InChI=1S/C13H21NO3/c1-9-3-2-4-11(6-5-9)14-8-10(13(16)17)7-12(14)15/h9-11H,2-8H2,1H3,(H,16,17). The average Bonchev–Trinajstić information content (AvgIpc) is 2.52. The molecule has 1 saturated heterocycles. The van der Waals surface area contributed by atoms with Gasteiger partial charge in [0.25, 0.3) is 0 Å². The van der Waals surface area contributed by atoms with E-state index in [1.807, 2.05) is 4.90 Å². The van der Waals surface area contributed by atoms with Crippen LogP contribution in [0.3, 0.4) is 0 Å². The maximum atomic E-state index is 11.8. The zero-order valence-corrected chi connectivity index (χ0v) is 10.4. The lowest BCUT2D eigenvalue weighted by molar-refractivity contribution is -0.141. The van der Waals surface area contributed by atoms with E-state index in [0.29, 0.717) is 6.54 Å². The first-order chi connectivity index (χ1) is 8.08. The number of hydrogen-bond donors (Lipinski definition) is 1. The minimum atomic E-state index is -0.831. The fraction of sp³-hybridized carbons (Fsp3) is 0.846. The Labute approximate surface area is 102 Å². The van der Waals surface area contributed by atoms with Crippen LogP contribution in [0, 0.1) is 11.8 Å². The van der Waals surface area contributed by atoms with Gasteiger partial charge in [-0.2, -0.15) is 0 Å². The number of carboxylic acids is 1. The molecule has 2 rings (SSSR count). The Morgan fingerprint density at radius 2 is 2.06 bits per heavy atom.